The van der Waals surface area contributed by atoms with Crippen molar-refractivity contribution in [3.63, 3.8) is 0 Å². The van der Waals surface area contributed by atoms with E-state index in [1.54, 1.807) is 0 Å². The number of hydrogen-bond donors (Lipinski definition) is 0. The van der Waals surface area contributed by atoms with E-state index in [-0.39, 0.29) is 11.7 Å². The second-order valence-corrected chi connectivity index (χ2v) is 9.69. The van der Waals surface area contributed by atoms with Gasteiger partial charge in [0.2, 0.25) is 6.29 Å². The summed E-state index contributed by atoms with van der Waals surface area (Å²) in [5.74, 6) is 2.79. The first-order valence-electron chi connectivity index (χ1n) is 11.8. The summed E-state index contributed by atoms with van der Waals surface area (Å²) in [4.78, 5) is 0. The third-order valence-electron chi connectivity index (χ3n) is 6.21. The molecule has 0 heterocycles. The van der Waals surface area contributed by atoms with Crippen LogP contribution >= 0.6 is 0 Å². The number of fused-ring (bicyclic) bond motifs is 1. The first-order chi connectivity index (χ1) is 13.4. The predicted octanol–water partition coefficient (Wildman–Crippen LogP) is 7.79. The third-order valence-corrected chi connectivity index (χ3v) is 6.21. The van der Waals surface area contributed by atoms with Gasteiger partial charge in [-0.15, -0.1) is 0 Å². The van der Waals surface area contributed by atoms with Crippen LogP contribution < -0.4 is 4.74 Å². The lowest BCUT2D eigenvalue weighted by Gasteiger charge is -2.40. The molecule has 160 valence electrons. The SMILES string of the molecule is CC.CCc1ccc(OC(CC(C)(C)C)OC2CCC3CCCCC3C2)cc1. The molecule has 1 aromatic rings. The summed E-state index contributed by atoms with van der Waals surface area (Å²) in [5.41, 5.74) is 1.54. The van der Waals surface area contributed by atoms with Crippen molar-refractivity contribution in [2.75, 3.05) is 0 Å². The van der Waals surface area contributed by atoms with E-state index in [4.69, 9.17) is 9.47 Å². The summed E-state index contributed by atoms with van der Waals surface area (Å²) in [5, 5.41) is 0. The van der Waals surface area contributed by atoms with Crippen molar-refractivity contribution in [1.82, 2.24) is 0 Å². The van der Waals surface area contributed by atoms with Crippen molar-refractivity contribution in [2.24, 2.45) is 17.3 Å². The van der Waals surface area contributed by atoms with Crippen molar-refractivity contribution in [3.8, 4) is 5.75 Å². The number of ether oxygens (including phenoxy) is 2. The molecule has 4 atom stereocenters. The molecule has 1 aromatic carbocycles. The molecule has 2 nitrogen and oxygen atoms in total. The fraction of sp³-hybridized carbons (Fsp3) is 0.769. The number of aryl methyl sites for hydroxylation is 1. The second-order valence-electron chi connectivity index (χ2n) is 9.69. The van der Waals surface area contributed by atoms with Crippen LogP contribution in [0, 0.1) is 17.3 Å². The summed E-state index contributed by atoms with van der Waals surface area (Å²) >= 11 is 0. The molecular weight excluding hydrogens is 344 g/mol. The Bertz CT molecular complexity index is 543. The number of benzene rings is 1. The maximum atomic E-state index is 6.55. The van der Waals surface area contributed by atoms with E-state index in [2.05, 4.69) is 52.0 Å². The monoisotopic (exact) mass is 388 g/mol. The van der Waals surface area contributed by atoms with Crippen LogP contribution in [0.1, 0.15) is 98.5 Å². The highest BCUT2D eigenvalue weighted by molar-refractivity contribution is 5.27. The molecule has 4 unspecified atom stereocenters. The van der Waals surface area contributed by atoms with Gasteiger partial charge in [0, 0.05) is 6.42 Å². The predicted molar refractivity (Wildman–Crippen MR) is 120 cm³/mol. The molecule has 0 aromatic heterocycles. The minimum absolute atomic E-state index is 0.146. The van der Waals surface area contributed by atoms with Gasteiger partial charge in [0.1, 0.15) is 5.75 Å². The average Bonchev–Trinajstić information content (AvgIpc) is 2.69. The van der Waals surface area contributed by atoms with Gasteiger partial charge in [-0.2, -0.15) is 0 Å². The van der Waals surface area contributed by atoms with Gasteiger partial charge in [-0.1, -0.05) is 79.4 Å². The van der Waals surface area contributed by atoms with Gasteiger partial charge < -0.3 is 9.47 Å². The van der Waals surface area contributed by atoms with Crippen molar-refractivity contribution < 1.29 is 9.47 Å². The number of rotatable bonds is 6. The van der Waals surface area contributed by atoms with Gasteiger partial charge in [-0.25, -0.2) is 0 Å². The summed E-state index contributed by atoms with van der Waals surface area (Å²) < 4.78 is 12.9. The van der Waals surface area contributed by atoms with E-state index in [0.29, 0.717) is 6.10 Å². The lowest BCUT2D eigenvalue weighted by molar-refractivity contribution is -0.152. The molecule has 0 bridgehead atoms. The Morgan fingerprint density at radius 1 is 0.929 bits per heavy atom. The van der Waals surface area contributed by atoms with Crippen LogP contribution in [0.4, 0.5) is 0 Å². The molecular formula is C26H44O2. The Kier molecular flexibility index (Phi) is 9.34. The summed E-state index contributed by atoms with van der Waals surface area (Å²) in [7, 11) is 0. The van der Waals surface area contributed by atoms with Crippen LogP contribution in [0.25, 0.3) is 0 Å². The van der Waals surface area contributed by atoms with Crippen LogP contribution in [0.15, 0.2) is 24.3 Å². The van der Waals surface area contributed by atoms with Gasteiger partial charge in [-0.3, -0.25) is 0 Å². The minimum Gasteiger partial charge on any atom is -0.465 e. The van der Waals surface area contributed by atoms with Crippen molar-refractivity contribution in [3.05, 3.63) is 29.8 Å². The summed E-state index contributed by atoms with van der Waals surface area (Å²) in [6, 6.07) is 8.51. The zero-order valence-corrected chi connectivity index (χ0v) is 19.3. The highest BCUT2D eigenvalue weighted by Gasteiger charge is 2.34. The molecule has 3 rings (SSSR count). The Morgan fingerprint density at radius 2 is 1.57 bits per heavy atom. The van der Waals surface area contributed by atoms with Crippen LogP contribution in [-0.2, 0) is 11.2 Å². The Morgan fingerprint density at radius 3 is 2.18 bits per heavy atom. The van der Waals surface area contributed by atoms with E-state index < -0.39 is 0 Å². The molecule has 2 fully saturated rings. The Labute approximate surface area is 174 Å². The van der Waals surface area contributed by atoms with Crippen molar-refractivity contribution in [2.45, 2.75) is 112 Å². The number of hydrogen-bond acceptors (Lipinski definition) is 2. The van der Waals surface area contributed by atoms with Gasteiger partial charge in [-0.05, 0) is 60.6 Å². The fourth-order valence-corrected chi connectivity index (χ4v) is 4.74. The maximum Gasteiger partial charge on any atom is 0.200 e. The van der Waals surface area contributed by atoms with Gasteiger partial charge >= 0.3 is 0 Å². The summed E-state index contributed by atoms with van der Waals surface area (Å²) in [6.45, 7) is 13.0. The second kappa shape index (κ2) is 11.2. The molecule has 2 saturated carbocycles. The van der Waals surface area contributed by atoms with Crippen LogP contribution in [0.2, 0.25) is 0 Å². The standard InChI is InChI=1S/C24H38O2.C2H6/c1-5-18-10-13-21(14-11-18)25-23(17-24(2,3)4)26-22-15-12-19-8-6-7-9-20(19)16-22;1-2/h10-11,13-14,19-20,22-23H,5-9,12,15-17H2,1-4H3;1-2H3. The molecule has 0 spiro atoms. The minimum atomic E-state index is -0.146. The topological polar surface area (TPSA) is 18.5 Å². The van der Waals surface area contributed by atoms with E-state index >= 15 is 0 Å². The van der Waals surface area contributed by atoms with Crippen molar-refractivity contribution in [1.29, 1.82) is 0 Å². The smallest absolute Gasteiger partial charge is 0.200 e. The molecule has 0 N–H and O–H groups in total. The lowest BCUT2D eigenvalue weighted by atomic mass is 9.70. The molecule has 0 amide bonds. The average molecular weight is 389 g/mol. The highest BCUT2D eigenvalue weighted by Crippen LogP contribution is 2.42. The normalized spacial score (nSPS) is 25.9. The zero-order chi connectivity index (χ0) is 20.6. The zero-order valence-electron chi connectivity index (χ0n) is 19.3. The van der Waals surface area contributed by atoms with E-state index in [1.165, 1.54) is 50.5 Å². The van der Waals surface area contributed by atoms with Crippen molar-refractivity contribution >= 4 is 0 Å². The molecule has 0 radical (unpaired) electrons. The Balaban J connectivity index is 0.00000136. The molecule has 28 heavy (non-hydrogen) atoms. The van der Waals surface area contributed by atoms with Gasteiger partial charge in [0.25, 0.3) is 0 Å². The van der Waals surface area contributed by atoms with Crippen LogP contribution in [0.3, 0.4) is 0 Å². The fourth-order valence-electron chi connectivity index (χ4n) is 4.74. The molecule has 2 aliphatic rings. The first-order valence-corrected chi connectivity index (χ1v) is 11.8. The third kappa shape index (κ3) is 7.43. The maximum absolute atomic E-state index is 6.55. The van der Waals surface area contributed by atoms with E-state index in [1.807, 2.05) is 13.8 Å². The molecule has 2 aliphatic carbocycles. The highest BCUT2D eigenvalue weighted by atomic mass is 16.7. The van der Waals surface area contributed by atoms with E-state index in [9.17, 15) is 0 Å². The lowest BCUT2D eigenvalue weighted by Crippen LogP contribution is -2.37. The van der Waals surface area contributed by atoms with E-state index in [0.717, 1.165) is 30.4 Å². The molecule has 0 saturated heterocycles. The quantitative estimate of drug-likeness (QED) is 0.463. The van der Waals surface area contributed by atoms with Crippen LogP contribution in [-0.4, -0.2) is 12.4 Å². The largest absolute Gasteiger partial charge is 0.465 e. The summed E-state index contributed by atoms with van der Waals surface area (Å²) in [6.07, 6.45) is 11.7. The van der Waals surface area contributed by atoms with Gasteiger partial charge in [0.15, 0.2) is 0 Å². The molecule has 0 aliphatic heterocycles. The van der Waals surface area contributed by atoms with Crippen LogP contribution in [0.5, 0.6) is 5.75 Å². The molecule has 2 heteroatoms. The first kappa shape index (κ1) is 23.3. The van der Waals surface area contributed by atoms with Gasteiger partial charge in [0.05, 0.1) is 6.10 Å². The Hall–Kier alpha value is -1.02.